The first-order valence-corrected chi connectivity index (χ1v) is 3.33. The number of ether oxygens (including phenoxy) is 1. The Balaban J connectivity index is 3.58. The number of carbonyl (C=O) groups is 1. The van der Waals surface area contributed by atoms with Crippen molar-refractivity contribution < 1.29 is 9.53 Å². The predicted molar refractivity (Wildman–Crippen MR) is 40.5 cm³/mol. The van der Waals surface area contributed by atoms with Crippen LogP contribution < -0.4 is 0 Å². The van der Waals surface area contributed by atoms with E-state index in [4.69, 9.17) is 10.5 Å². The minimum Gasteiger partial charge on any atom is -0.462 e. The average molecular weight is 164 g/mol. The summed E-state index contributed by atoms with van der Waals surface area (Å²) in [5.41, 5.74) is 0. The fourth-order valence-corrected chi connectivity index (χ4v) is 0.494. The first kappa shape index (κ1) is 10.2. The molecule has 0 fully saturated rings. The molecule has 0 amide bonds. The van der Waals surface area contributed by atoms with Crippen LogP contribution >= 0.6 is 0 Å². The van der Waals surface area contributed by atoms with Gasteiger partial charge in [-0.15, -0.1) is 0 Å². The number of hydrogen-bond donors (Lipinski definition) is 0. The van der Waals surface area contributed by atoms with Crippen LogP contribution in [0.2, 0.25) is 0 Å². The molecular weight excluding hydrogens is 156 g/mol. The van der Waals surface area contributed by atoms with Gasteiger partial charge < -0.3 is 4.74 Å². The van der Waals surface area contributed by atoms with E-state index in [2.05, 4.69) is 11.3 Å². The van der Waals surface area contributed by atoms with Gasteiger partial charge in [-0.25, -0.2) is 4.79 Å². The molecule has 62 valence electrons. The summed E-state index contributed by atoms with van der Waals surface area (Å²) in [6.07, 6.45) is 1.28. The summed E-state index contributed by atoms with van der Waals surface area (Å²) >= 11 is 0. The summed E-state index contributed by atoms with van der Waals surface area (Å²) in [5, 5.41) is 16.6. The van der Waals surface area contributed by atoms with Crippen LogP contribution in [-0.2, 0) is 9.53 Å². The van der Waals surface area contributed by atoms with Crippen LogP contribution in [0.1, 0.15) is 6.42 Å². The van der Waals surface area contributed by atoms with Crippen LogP contribution in [0.4, 0.5) is 0 Å². The van der Waals surface area contributed by atoms with Gasteiger partial charge in [0.2, 0.25) is 0 Å². The SMILES string of the molecule is C=CC(=O)OCCC(C#N)C#N. The van der Waals surface area contributed by atoms with Crippen LogP contribution in [0.3, 0.4) is 0 Å². The summed E-state index contributed by atoms with van der Waals surface area (Å²) < 4.78 is 4.57. The van der Waals surface area contributed by atoms with Crippen molar-refractivity contribution in [1.82, 2.24) is 0 Å². The highest BCUT2D eigenvalue weighted by atomic mass is 16.5. The molecule has 4 heteroatoms. The number of hydrogen-bond acceptors (Lipinski definition) is 4. The van der Waals surface area contributed by atoms with E-state index in [-0.39, 0.29) is 13.0 Å². The number of rotatable bonds is 4. The van der Waals surface area contributed by atoms with Crippen molar-refractivity contribution in [3.8, 4) is 12.1 Å². The minimum absolute atomic E-state index is 0.0800. The van der Waals surface area contributed by atoms with Gasteiger partial charge in [0.05, 0.1) is 18.7 Å². The summed E-state index contributed by atoms with van der Waals surface area (Å²) in [7, 11) is 0. The van der Waals surface area contributed by atoms with Crippen LogP contribution in [0.25, 0.3) is 0 Å². The Hall–Kier alpha value is -1.81. The molecule has 0 aromatic rings. The molecule has 0 unspecified atom stereocenters. The van der Waals surface area contributed by atoms with E-state index in [1.807, 2.05) is 0 Å². The number of nitrogens with zero attached hydrogens (tertiary/aromatic N) is 2. The number of esters is 1. The quantitative estimate of drug-likeness (QED) is 0.454. The zero-order valence-corrected chi connectivity index (χ0v) is 6.49. The monoisotopic (exact) mass is 164 g/mol. The molecule has 0 heterocycles. The molecule has 0 aliphatic carbocycles. The van der Waals surface area contributed by atoms with Crippen LogP contribution in [0, 0.1) is 28.6 Å². The Morgan fingerprint density at radius 3 is 2.58 bits per heavy atom. The number of carbonyl (C=O) groups excluding carboxylic acids is 1. The Kier molecular flexibility index (Phi) is 5.04. The Morgan fingerprint density at radius 2 is 2.17 bits per heavy atom. The highest BCUT2D eigenvalue weighted by molar-refractivity contribution is 5.81. The fraction of sp³-hybridized carbons (Fsp3) is 0.375. The van der Waals surface area contributed by atoms with Crippen molar-refractivity contribution >= 4 is 5.97 Å². The summed E-state index contributed by atoms with van der Waals surface area (Å²) in [5.74, 6) is -1.24. The van der Waals surface area contributed by atoms with Gasteiger partial charge in [-0.2, -0.15) is 10.5 Å². The molecule has 4 nitrogen and oxygen atoms in total. The molecule has 0 bridgehead atoms. The predicted octanol–water partition coefficient (Wildman–Crippen LogP) is 0.769. The van der Waals surface area contributed by atoms with Gasteiger partial charge in [0.25, 0.3) is 0 Å². The van der Waals surface area contributed by atoms with E-state index in [0.717, 1.165) is 6.08 Å². The van der Waals surface area contributed by atoms with Crippen molar-refractivity contribution in [1.29, 1.82) is 10.5 Å². The topological polar surface area (TPSA) is 73.9 Å². The Morgan fingerprint density at radius 1 is 1.58 bits per heavy atom. The summed E-state index contributed by atoms with van der Waals surface area (Å²) in [4.78, 5) is 10.5. The lowest BCUT2D eigenvalue weighted by Gasteiger charge is -2.00. The lowest BCUT2D eigenvalue weighted by atomic mass is 10.1. The zero-order chi connectivity index (χ0) is 9.40. The number of nitriles is 2. The van der Waals surface area contributed by atoms with E-state index < -0.39 is 11.9 Å². The first-order valence-electron chi connectivity index (χ1n) is 3.33. The average Bonchev–Trinajstić information content (AvgIpc) is 2.12. The molecule has 0 atom stereocenters. The largest absolute Gasteiger partial charge is 0.462 e. The first-order chi connectivity index (χ1) is 5.74. The van der Waals surface area contributed by atoms with Crippen molar-refractivity contribution in [2.45, 2.75) is 6.42 Å². The molecule has 0 aromatic heterocycles. The molecule has 0 rings (SSSR count). The van der Waals surface area contributed by atoms with E-state index in [1.165, 1.54) is 0 Å². The molecule has 12 heavy (non-hydrogen) atoms. The van der Waals surface area contributed by atoms with Gasteiger partial charge in [0.15, 0.2) is 0 Å². The maximum atomic E-state index is 10.5. The van der Waals surface area contributed by atoms with Gasteiger partial charge in [0.1, 0.15) is 5.92 Å². The van der Waals surface area contributed by atoms with E-state index >= 15 is 0 Å². The van der Waals surface area contributed by atoms with Gasteiger partial charge >= 0.3 is 5.97 Å². The molecule has 0 N–H and O–H groups in total. The lowest BCUT2D eigenvalue weighted by Crippen LogP contribution is -2.05. The molecule has 0 aliphatic heterocycles. The maximum Gasteiger partial charge on any atom is 0.330 e. The van der Waals surface area contributed by atoms with Crippen molar-refractivity contribution in [2.75, 3.05) is 6.61 Å². The highest BCUT2D eigenvalue weighted by Gasteiger charge is 2.05. The van der Waals surface area contributed by atoms with Crippen LogP contribution in [0.5, 0.6) is 0 Å². The molecule has 0 saturated carbocycles. The van der Waals surface area contributed by atoms with E-state index in [9.17, 15) is 4.79 Å². The maximum absolute atomic E-state index is 10.5. The molecule has 0 saturated heterocycles. The zero-order valence-electron chi connectivity index (χ0n) is 6.49. The van der Waals surface area contributed by atoms with Gasteiger partial charge in [0, 0.05) is 12.5 Å². The van der Waals surface area contributed by atoms with Gasteiger partial charge in [-0.3, -0.25) is 0 Å². The third-order valence-corrected chi connectivity index (χ3v) is 1.13. The smallest absolute Gasteiger partial charge is 0.330 e. The summed E-state index contributed by atoms with van der Waals surface area (Å²) in [6.45, 7) is 3.27. The third kappa shape index (κ3) is 4.08. The molecule has 0 aromatic carbocycles. The van der Waals surface area contributed by atoms with E-state index in [1.54, 1.807) is 12.1 Å². The van der Waals surface area contributed by atoms with Gasteiger partial charge in [-0.1, -0.05) is 6.58 Å². The van der Waals surface area contributed by atoms with E-state index in [0.29, 0.717) is 0 Å². The second-order valence-electron chi connectivity index (χ2n) is 1.97. The van der Waals surface area contributed by atoms with Crippen molar-refractivity contribution in [3.63, 3.8) is 0 Å². The van der Waals surface area contributed by atoms with Crippen LogP contribution in [0.15, 0.2) is 12.7 Å². The normalized spacial score (nSPS) is 8.25. The Bertz CT molecular complexity index is 233. The second-order valence-corrected chi connectivity index (χ2v) is 1.97. The highest BCUT2D eigenvalue weighted by Crippen LogP contribution is 1.99. The third-order valence-electron chi connectivity index (χ3n) is 1.13. The van der Waals surface area contributed by atoms with Crippen molar-refractivity contribution in [3.05, 3.63) is 12.7 Å². The lowest BCUT2D eigenvalue weighted by molar-refractivity contribution is -0.137. The molecule has 0 aliphatic rings. The summed E-state index contributed by atoms with van der Waals surface area (Å²) in [6, 6.07) is 3.53. The second kappa shape index (κ2) is 5.94. The van der Waals surface area contributed by atoms with Gasteiger partial charge in [-0.05, 0) is 0 Å². The Labute approximate surface area is 70.7 Å². The molecular formula is C8H8N2O2. The minimum atomic E-state index is -0.706. The van der Waals surface area contributed by atoms with Crippen molar-refractivity contribution in [2.24, 2.45) is 5.92 Å². The molecule has 0 spiro atoms. The standard InChI is InChI=1S/C8H8N2O2/c1-2-8(11)12-4-3-7(5-9)6-10/h2,7H,1,3-4H2. The van der Waals surface area contributed by atoms with Crippen LogP contribution in [-0.4, -0.2) is 12.6 Å². The fourth-order valence-electron chi connectivity index (χ4n) is 0.494. The molecule has 0 radical (unpaired) electrons.